The highest BCUT2D eigenvalue weighted by atomic mass is 16.1. The molecular weight excluding hydrogens is 206 g/mol. The third-order valence-corrected chi connectivity index (χ3v) is 2.15. The second-order valence-corrected chi connectivity index (χ2v) is 3.51. The summed E-state index contributed by atoms with van der Waals surface area (Å²) in [6, 6.07) is 3.02. The first-order valence-electron chi connectivity index (χ1n) is 5.35. The molecule has 0 bridgehead atoms. The van der Waals surface area contributed by atoms with Crippen molar-refractivity contribution in [1.82, 2.24) is 9.88 Å². The van der Waals surface area contributed by atoms with E-state index in [9.17, 15) is 9.59 Å². The van der Waals surface area contributed by atoms with Crippen molar-refractivity contribution >= 4 is 5.91 Å². The van der Waals surface area contributed by atoms with Crippen molar-refractivity contribution < 1.29 is 4.79 Å². The summed E-state index contributed by atoms with van der Waals surface area (Å²) in [7, 11) is 0. The van der Waals surface area contributed by atoms with Gasteiger partial charge in [0.1, 0.15) is 0 Å². The van der Waals surface area contributed by atoms with Crippen LogP contribution in [-0.2, 0) is 11.3 Å². The zero-order valence-electron chi connectivity index (χ0n) is 9.19. The van der Waals surface area contributed by atoms with Crippen LogP contribution in [0.1, 0.15) is 12.8 Å². The zero-order chi connectivity index (χ0) is 11.8. The van der Waals surface area contributed by atoms with E-state index in [0.717, 1.165) is 13.0 Å². The summed E-state index contributed by atoms with van der Waals surface area (Å²) >= 11 is 0. The topological polar surface area (TPSA) is 77.1 Å². The molecule has 1 rings (SSSR count). The molecule has 5 nitrogen and oxygen atoms in total. The second-order valence-electron chi connectivity index (χ2n) is 3.51. The smallest absolute Gasteiger partial charge is 0.220 e. The Morgan fingerprint density at radius 3 is 2.69 bits per heavy atom. The second kappa shape index (κ2) is 6.79. The summed E-state index contributed by atoms with van der Waals surface area (Å²) in [6.07, 6.45) is 4.67. The lowest BCUT2D eigenvalue weighted by Crippen LogP contribution is -2.28. The summed E-state index contributed by atoms with van der Waals surface area (Å²) in [5, 5.41) is 2.70. The molecule has 0 atom stereocenters. The number of hydrogen-bond donors (Lipinski definition) is 2. The van der Waals surface area contributed by atoms with E-state index in [2.05, 4.69) is 5.32 Å². The molecule has 5 heteroatoms. The molecule has 0 unspecified atom stereocenters. The van der Waals surface area contributed by atoms with Gasteiger partial charge < -0.3 is 15.6 Å². The molecule has 1 amide bonds. The average molecular weight is 223 g/mol. The van der Waals surface area contributed by atoms with Crippen LogP contribution in [0.5, 0.6) is 0 Å². The number of nitrogens with two attached hydrogens (primary N) is 1. The third-order valence-electron chi connectivity index (χ3n) is 2.15. The van der Waals surface area contributed by atoms with Gasteiger partial charge in [0.05, 0.1) is 0 Å². The van der Waals surface area contributed by atoms with Gasteiger partial charge in [-0.1, -0.05) is 0 Å². The molecule has 1 aromatic rings. The van der Waals surface area contributed by atoms with Crippen LogP contribution in [0.2, 0.25) is 0 Å². The predicted molar refractivity (Wildman–Crippen MR) is 62.0 cm³/mol. The fraction of sp³-hybridized carbons (Fsp3) is 0.455. The van der Waals surface area contributed by atoms with Gasteiger partial charge in [-0.05, 0) is 6.42 Å². The van der Waals surface area contributed by atoms with E-state index >= 15 is 0 Å². The monoisotopic (exact) mass is 223 g/mol. The molecular formula is C11H17N3O2. The van der Waals surface area contributed by atoms with Crippen LogP contribution in [0.25, 0.3) is 0 Å². The lowest BCUT2D eigenvalue weighted by molar-refractivity contribution is -0.121. The predicted octanol–water partition coefficient (Wildman–Crippen LogP) is -0.297. The third kappa shape index (κ3) is 4.75. The van der Waals surface area contributed by atoms with Gasteiger partial charge in [-0.15, -0.1) is 0 Å². The highest BCUT2D eigenvalue weighted by molar-refractivity contribution is 5.75. The standard InChI is InChI=1S/C11H17N3O2/c12-5-6-13-11(16)2-1-7-14-8-3-10(15)4-9-14/h3-4,8-9H,1-2,5-7,12H2,(H,13,16). The van der Waals surface area contributed by atoms with Crippen LogP contribution in [0.3, 0.4) is 0 Å². The normalized spacial score (nSPS) is 10.1. The minimum Gasteiger partial charge on any atom is -0.355 e. The Bertz CT molecular complexity index is 367. The number of hydrogen-bond acceptors (Lipinski definition) is 3. The molecule has 3 N–H and O–H groups in total. The van der Waals surface area contributed by atoms with Crippen molar-refractivity contribution in [2.45, 2.75) is 19.4 Å². The van der Waals surface area contributed by atoms with Gasteiger partial charge in [-0.2, -0.15) is 0 Å². The van der Waals surface area contributed by atoms with Gasteiger partial charge in [0.15, 0.2) is 5.43 Å². The molecule has 16 heavy (non-hydrogen) atoms. The van der Waals surface area contributed by atoms with E-state index in [1.807, 2.05) is 4.57 Å². The highest BCUT2D eigenvalue weighted by Crippen LogP contribution is 1.94. The molecule has 0 saturated carbocycles. The Kier molecular flexibility index (Phi) is 5.28. The van der Waals surface area contributed by atoms with Crippen LogP contribution in [0.15, 0.2) is 29.3 Å². The summed E-state index contributed by atoms with van der Waals surface area (Å²) in [5.74, 6) is 0.0199. The maximum absolute atomic E-state index is 11.2. The van der Waals surface area contributed by atoms with E-state index in [4.69, 9.17) is 5.73 Å². The number of carbonyl (C=O) groups excluding carboxylic acids is 1. The molecule has 1 aromatic heterocycles. The van der Waals surface area contributed by atoms with Crippen molar-refractivity contribution in [3.05, 3.63) is 34.7 Å². The number of nitrogens with zero attached hydrogens (tertiary/aromatic N) is 1. The van der Waals surface area contributed by atoms with Crippen molar-refractivity contribution in [1.29, 1.82) is 0 Å². The van der Waals surface area contributed by atoms with Gasteiger partial charge in [-0.3, -0.25) is 9.59 Å². The van der Waals surface area contributed by atoms with Crippen LogP contribution in [0.4, 0.5) is 0 Å². The van der Waals surface area contributed by atoms with Crippen LogP contribution >= 0.6 is 0 Å². The van der Waals surface area contributed by atoms with Gasteiger partial charge in [0.25, 0.3) is 0 Å². The largest absolute Gasteiger partial charge is 0.355 e. The SMILES string of the molecule is NCCNC(=O)CCCn1ccc(=O)cc1. The van der Waals surface area contributed by atoms with Crippen LogP contribution in [-0.4, -0.2) is 23.6 Å². The molecule has 0 aliphatic rings. The van der Waals surface area contributed by atoms with E-state index in [1.165, 1.54) is 12.1 Å². The maximum atomic E-state index is 11.2. The van der Waals surface area contributed by atoms with Gasteiger partial charge in [0.2, 0.25) is 5.91 Å². The number of nitrogens with one attached hydrogen (secondary N) is 1. The average Bonchev–Trinajstić information content (AvgIpc) is 2.29. The Hall–Kier alpha value is -1.62. The van der Waals surface area contributed by atoms with Crippen LogP contribution < -0.4 is 16.5 Å². The molecule has 0 aliphatic carbocycles. The molecule has 0 aliphatic heterocycles. The molecule has 88 valence electrons. The molecule has 0 fully saturated rings. The highest BCUT2D eigenvalue weighted by Gasteiger charge is 1.99. The van der Waals surface area contributed by atoms with Crippen LogP contribution in [0, 0.1) is 0 Å². The van der Waals surface area contributed by atoms with E-state index < -0.39 is 0 Å². The van der Waals surface area contributed by atoms with Gasteiger partial charge >= 0.3 is 0 Å². The van der Waals surface area contributed by atoms with E-state index in [0.29, 0.717) is 19.5 Å². The fourth-order valence-corrected chi connectivity index (χ4v) is 1.31. The van der Waals surface area contributed by atoms with Crippen molar-refractivity contribution in [2.75, 3.05) is 13.1 Å². The fourth-order valence-electron chi connectivity index (χ4n) is 1.31. The first kappa shape index (κ1) is 12.4. The molecule has 1 heterocycles. The minimum absolute atomic E-state index is 0.00283. The maximum Gasteiger partial charge on any atom is 0.220 e. The first-order valence-corrected chi connectivity index (χ1v) is 5.35. The summed E-state index contributed by atoms with van der Waals surface area (Å²) in [5.41, 5.74) is 5.26. The summed E-state index contributed by atoms with van der Waals surface area (Å²) < 4.78 is 1.89. The van der Waals surface area contributed by atoms with Gasteiger partial charge in [-0.25, -0.2) is 0 Å². The number of carbonyl (C=O) groups is 1. The number of amides is 1. The van der Waals surface area contributed by atoms with Crippen molar-refractivity contribution in [2.24, 2.45) is 5.73 Å². The quantitative estimate of drug-likeness (QED) is 0.695. The summed E-state index contributed by atoms with van der Waals surface area (Å²) in [4.78, 5) is 22.1. The number of rotatable bonds is 6. The molecule has 0 radical (unpaired) electrons. The van der Waals surface area contributed by atoms with Crippen molar-refractivity contribution in [3.8, 4) is 0 Å². The Balaban J connectivity index is 2.22. The molecule has 0 aromatic carbocycles. The van der Waals surface area contributed by atoms with E-state index in [-0.39, 0.29) is 11.3 Å². The minimum atomic E-state index is -0.00283. The number of pyridine rings is 1. The Labute approximate surface area is 94.3 Å². The zero-order valence-corrected chi connectivity index (χ0v) is 9.19. The first-order chi connectivity index (χ1) is 7.72. The van der Waals surface area contributed by atoms with E-state index in [1.54, 1.807) is 12.4 Å². The number of aryl methyl sites for hydroxylation is 1. The number of aromatic nitrogens is 1. The lowest BCUT2D eigenvalue weighted by atomic mass is 10.3. The Morgan fingerprint density at radius 1 is 1.38 bits per heavy atom. The van der Waals surface area contributed by atoms with Gasteiger partial charge in [0, 0.05) is 50.6 Å². The molecule has 0 spiro atoms. The Morgan fingerprint density at radius 2 is 2.06 bits per heavy atom. The lowest BCUT2D eigenvalue weighted by Gasteiger charge is -2.05. The summed E-state index contributed by atoms with van der Waals surface area (Å²) in [6.45, 7) is 1.72. The van der Waals surface area contributed by atoms with Crippen molar-refractivity contribution in [3.63, 3.8) is 0 Å². The molecule has 0 saturated heterocycles.